The van der Waals surface area contributed by atoms with Crippen LogP contribution in [-0.2, 0) is 10.3 Å². The third kappa shape index (κ3) is 3.24. The summed E-state index contributed by atoms with van der Waals surface area (Å²) in [5.41, 5.74) is 0.792. The molecule has 1 atom stereocenters. The van der Waals surface area contributed by atoms with Crippen LogP contribution in [0.4, 0.5) is 10.1 Å². The zero-order valence-electron chi connectivity index (χ0n) is 11.7. The molecule has 2 rings (SSSR count). The Bertz CT molecular complexity index is 690. The average Bonchev–Trinajstić information content (AvgIpc) is 2.38. The molecule has 0 bridgehead atoms. The minimum atomic E-state index is -1.37. The van der Waals surface area contributed by atoms with E-state index in [2.05, 4.69) is 21.2 Å². The molecule has 0 amide bonds. The number of carboxylic acids is 1. The molecule has 3 nitrogen and oxygen atoms in total. The van der Waals surface area contributed by atoms with Crippen molar-refractivity contribution in [2.75, 3.05) is 5.32 Å². The van der Waals surface area contributed by atoms with E-state index in [4.69, 9.17) is 0 Å². The molecule has 21 heavy (non-hydrogen) atoms. The van der Waals surface area contributed by atoms with Crippen molar-refractivity contribution in [3.8, 4) is 0 Å². The monoisotopic (exact) mass is 351 g/mol. The number of rotatable bonds is 4. The van der Waals surface area contributed by atoms with Gasteiger partial charge in [-0.3, -0.25) is 0 Å². The maximum Gasteiger partial charge on any atom is 0.333 e. The lowest BCUT2D eigenvalue weighted by molar-refractivity contribution is -0.142. The highest BCUT2D eigenvalue weighted by atomic mass is 79.9. The third-order valence-corrected chi connectivity index (χ3v) is 3.97. The van der Waals surface area contributed by atoms with Gasteiger partial charge in [0.25, 0.3) is 0 Å². The molecule has 0 fully saturated rings. The van der Waals surface area contributed by atoms with Crippen molar-refractivity contribution in [2.45, 2.75) is 19.4 Å². The van der Waals surface area contributed by atoms with Gasteiger partial charge in [0, 0.05) is 15.7 Å². The highest BCUT2D eigenvalue weighted by Crippen LogP contribution is 2.32. The van der Waals surface area contributed by atoms with Gasteiger partial charge in [-0.1, -0.05) is 34.1 Å². The lowest BCUT2D eigenvalue weighted by Crippen LogP contribution is -2.40. The lowest BCUT2D eigenvalue weighted by Gasteiger charge is -2.29. The number of nitrogens with one attached hydrogen (secondary N) is 1. The molecule has 2 aromatic carbocycles. The predicted molar refractivity (Wildman–Crippen MR) is 83.9 cm³/mol. The van der Waals surface area contributed by atoms with Gasteiger partial charge in [0.05, 0.1) is 0 Å². The molecule has 5 heteroatoms. The number of hydrogen-bond acceptors (Lipinski definition) is 2. The minimum absolute atomic E-state index is 0.410. The summed E-state index contributed by atoms with van der Waals surface area (Å²) in [6.45, 7) is 3.48. The Kier molecular flexibility index (Phi) is 4.32. The molecule has 0 aliphatic heterocycles. The largest absolute Gasteiger partial charge is 0.479 e. The van der Waals surface area contributed by atoms with E-state index in [0.717, 1.165) is 5.56 Å². The standard InChI is InChI=1S/C16H15BrFNO2/c1-10-4-3-5-12(8-10)19-16(2,15(20)21)13-7-6-11(18)9-14(13)17/h3-9,19H,1-2H3,(H,20,21). The van der Waals surface area contributed by atoms with Crippen LogP contribution in [0.25, 0.3) is 0 Å². The SMILES string of the molecule is Cc1cccc(NC(C)(C(=O)O)c2ccc(F)cc2Br)c1. The van der Waals surface area contributed by atoms with Crippen LogP contribution in [-0.4, -0.2) is 11.1 Å². The molecule has 2 N–H and O–H groups in total. The first-order valence-electron chi connectivity index (χ1n) is 6.37. The van der Waals surface area contributed by atoms with Crippen molar-refractivity contribution >= 4 is 27.6 Å². The second-order valence-corrected chi connectivity index (χ2v) is 5.90. The second kappa shape index (κ2) is 5.85. The first-order valence-corrected chi connectivity index (χ1v) is 7.16. The molecular weight excluding hydrogens is 337 g/mol. The van der Waals surface area contributed by atoms with Crippen LogP contribution in [0.3, 0.4) is 0 Å². The fourth-order valence-electron chi connectivity index (χ4n) is 2.14. The zero-order valence-corrected chi connectivity index (χ0v) is 13.2. The number of hydrogen-bond donors (Lipinski definition) is 2. The van der Waals surface area contributed by atoms with Crippen LogP contribution >= 0.6 is 15.9 Å². The van der Waals surface area contributed by atoms with Gasteiger partial charge in [-0.2, -0.15) is 0 Å². The predicted octanol–water partition coefficient (Wildman–Crippen LogP) is 4.31. The van der Waals surface area contributed by atoms with E-state index in [9.17, 15) is 14.3 Å². The molecule has 110 valence electrons. The van der Waals surface area contributed by atoms with Gasteiger partial charge in [0.2, 0.25) is 0 Å². The fourth-order valence-corrected chi connectivity index (χ4v) is 2.89. The van der Waals surface area contributed by atoms with Crippen molar-refractivity contribution in [3.63, 3.8) is 0 Å². The number of benzene rings is 2. The van der Waals surface area contributed by atoms with Gasteiger partial charge in [-0.25, -0.2) is 9.18 Å². The Morgan fingerprint density at radius 2 is 2.00 bits per heavy atom. The van der Waals surface area contributed by atoms with Gasteiger partial charge in [0.15, 0.2) is 5.54 Å². The number of anilines is 1. The maximum atomic E-state index is 13.2. The third-order valence-electron chi connectivity index (χ3n) is 3.31. The normalized spacial score (nSPS) is 13.5. The Labute approximate surface area is 130 Å². The van der Waals surface area contributed by atoms with Crippen LogP contribution in [0.1, 0.15) is 18.1 Å². The van der Waals surface area contributed by atoms with Crippen molar-refractivity contribution in [3.05, 3.63) is 63.9 Å². The number of carbonyl (C=O) groups is 1. The van der Waals surface area contributed by atoms with Crippen LogP contribution in [0, 0.1) is 12.7 Å². The van der Waals surface area contributed by atoms with E-state index < -0.39 is 17.3 Å². The summed E-state index contributed by atoms with van der Waals surface area (Å²) in [5.74, 6) is -1.47. The molecule has 2 aromatic rings. The smallest absolute Gasteiger partial charge is 0.333 e. The van der Waals surface area contributed by atoms with Crippen LogP contribution in [0.2, 0.25) is 0 Å². The summed E-state index contributed by atoms with van der Waals surface area (Å²) in [4.78, 5) is 11.8. The van der Waals surface area contributed by atoms with Crippen LogP contribution < -0.4 is 5.32 Å². The Morgan fingerprint density at radius 3 is 2.57 bits per heavy atom. The highest BCUT2D eigenvalue weighted by Gasteiger charge is 2.37. The quantitative estimate of drug-likeness (QED) is 0.862. The first kappa shape index (κ1) is 15.5. The molecule has 0 aromatic heterocycles. The highest BCUT2D eigenvalue weighted by molar-refractivity contribution is 9.10. The molecule has 0 saturated heterocycles. The van der Waals surface area contributed by atoms with E-state index in [1.165, 1.54) is 18.2 Å². The van der Waals surface area contributed by atoms with E-state index >= 15 is 0 Å². The maximum absolute atomic E-state index is 13.2. The summed E-state index contributed by atoms with van der Waals surface area (Å²) in [6.07, 6.45) is 0. The van der Waals surface area contributed by atoms with E-state index in [1.807, 2.05) is 25.1 Å². The molecule has 1 unspecified atom stereocenters. The van der Waals surface area contributed by atoms with Gasteiger partial charge in [-0.05, 0) is 43.7 Å². The van der Waals surface area contributed by atoms with Gasteiger partial charge >= 0.3 is 5.97 Å². The topological polar surface area (TPSA) is 49.3 Å². The number of aryl methyl sites for hydroxylation is 1. The number of halogens is 2. The molecular formula is C16H15BrFNO2. The Hall–Kier alpha value is -1.88. The summed E-state index contributed by atoms with van der Waals surface area (Å²) in [6, 6.07) is 11.4. The van der Waals surface area contributed by atoms with Gasteiger partial charge < -0.3 is 10.4 Å². The van der Waals surface area contributed by atoms with E-state index in [-0.39, 0.29) is 0 Å². The van der Waals surface area contributed by atoms with Crippen LogP contribution in [0.5, 0.6) is 0 Å². The van der Waals surface area contributed by atoms with Crippen molar-refractivity contribution in [1.29, 1.82) is 0 Å². The second-order valence-electron chi connectivity index (χ2n) is 5.05. The average molecular weight is 352 g/mol. The number of aliphatic carboxylic acids is 1. The van der Waals surface area contributed by atoms with Crippen molar-refractivity contribution < 1.29 is 14.3 Å². The minimum Gasteiger partial charge on any atom is -0.479 e. The Balaban J connectivity index is 2.48. The summed E-state index contributed by atoms with van der Waals surface area (Å²) >= 11 is 3.24. The van der Waals surface area contributed by atoms with Crippen LogP contribution in [0.15, 0.2) is 46.9 Å². The molecule has 0 spiro atoms. The summed E-state index contributed by atoms with van der Waals surface area (Å²) in [5, 5.41) is 12.7. The molecule has 0 aliphatic rings. The first-order chi connectivity index (χ1) is 9.83. The van der Waals surface area contributed by atoms with Gasteiger partial charge in [0.1, 0.15) is 5.82 Å². The van der Waals surface area contributed by atoms with E-state index in [1.54, 1.807) is 13.0 Å². The molecule has 0 saturated carbocycles. The van der Waals surface area contributed by atoms with Crippen molar-refractivity contribution in [1.82, 2.24) is 0 Å². The van der Waals surface area contributed by atoms with Gasteiger partial charge in [-0.15, -0.1) is 0 Å². The summed E-state index contributed by atoms with van der Waals surface area (Å²) in [7, 11) is 0. The molecule has 0 heterocycles. The number of carboxylic acid groups (broad SMARTS) is 1. The molecule has 0 aliphatic carbocycles. The summed E-state index contributed by atoms with van der Waals surface area (Å²) < 4.78 is 13.6. The lowest BCUT2D eigenvalue weighted by atomic mass is 9.91. The fraction of sp³-hybridized carbons (Fsp3) is 0.188. The van der Waals surface area contributed by atoms with E-state index in [0.29, 0.717) is 15.7 Å². The zero-order chi connectivity index (χ0) is 15.6. The molecule has 0 radical (unpaired) electrons. The van der Waals surface area contributed by atoms with Crippen molar-refractivity contribution in [2.24, 2.45) is 0 Å². The Morgan fingerprint density at radius 1 is 1.29 bits per heavy atom.